The van der Waals surface area contributed by atoms with Gasteiger partial charge in [-0.3, -0.25) is 5.10 Å². The Morgan fingerprint density at radius 1 is 1.29 bits per heavy atom. The summed E-state index contributed by atoms with van der Waals surface area (Å²) in [4.78, 5) is 2.01. The van der Waals surface area contributed by atoms with E-state index in [1.807, 2.05) is 43.3 Å². The van der Waals surface area contributed by atoms with Crippen molar-refractivity contribution in [1.82, 2.24) is 10.2 Å². The standard InChI is InChI=1S/C12H13N5/c1-17(2)9-5-3-8(4-6-9)11-10(7-13)12(14)16-15-11/h3-6H,1-2H3,(H3,14,15,16). The topological polar surface area (TPSA) is 81.7 Å². The molecule has 0 bridgehead atoms. The van der Waals surface area contributed by atoms with Gasteiger partial charge >= 0.3 is 0 Å². The summed E-state index contributed by atoms with van der Waals surface area (Å²) in [6.45, 7) is 0. The fourth-order valence-electron chi connectivity index (χ4n) is 1.60. The Bertz CT molecular complexity index is 560. The minimum absolute atomic E-state index is 0.235. The second kappa shape index (κ2) is 4.18. The summed E-state index contributed by atoms with van der Waals surface area (Å²) >= 11 is 0. The number of benzene rings is 1. The monoisotopic (exact) mass is 227 g/mol. The summed E-state index contributed by atoms with van der Waals surface area (Å²) in [5, 5.41) is 15.6. The quantitative estimate of drug-likeness (QED) is 0.816. The Labute approximate surface area is 99.5 Å². The molecule has 0 saturated carbocycles. The molecule has 0 radical (unpaired) electrons. The number of rotatable bonds is 2. The largest absolute Gasteiger partial charge is 0.381 e. The van der Waals surface area contributed by atoms with E-state index < -0.39 is 0 Å². The summed E-state index contributed by atoms with van der Waals surface area (Å²) in [6.07, 6.45) is 0. The van der Waals surface area contributed by atoms with Gasteiger partial charge in [0.2, 0.25) is 0 Å². The molecular weight excluding hydrogens is 214 g/mol. The van der Waals surface area contributed by atoms with Crippen LogP contribution in [-0.2, 0) is 0 Å². The fraction of sp³-hybridized carbons (Fsp3) is 0.167. The van der Waals surface area contributed by atoms with E-state index in [1.54, 1.807) is 0 Å². The van der Waals surface area contributed by atoms with Crippen molar-refractivity contribution in [2.75, 3.05) is 24.7 Å². The number of aromatic amines is 1. The number of nitrogens with one attached hydrogen (secondary N) is 1. The molecule has 0 unspecified atom stereocenters. The molecule has 0 aliphatic heterocycles. The third-order valence-electron chi connectivity index (χ3n) is 2.58. The van der Waals surface area contributed by atoms with Crippen LogP contribution in [0.15, 0.2) is 24.3 Å². The Morgan fingerprint density at radius 3 is 2.47 bits per heavy atom. The van der Waals surface area contributed by atoms with E-state index in [2.05, 4.69) is 16.3 Å². The van der Waals surface area contributed by atoms with Crippen LogP contribution in [-0.4, -0.2) is 24.3 Å². The van der Waals surface area contributed by atoms with Gasteiger partial charge in [-0.25, -0.2) is 0 Å². The van der Waals surface area contributed by atoms with Gasteiger partial charge in [-0.2, -0.15) is 10.4 Å². The molecule has 0 aliphatic carbocycles. The van der Waals surface area contributed by atoms with Crippen molar-refractivity contribution < 1.29 is 0 Å². The lowest BCUT2D eigenvalue weighted by Crippen LogP contribution is -2.07. The summed E-state index contributed by atoms with van der Waals surface area (Å²) in [6, 6.07) is 9.88. The van der Waals surface area contributed by atoms with Crippen LogP contribution in [0.3, 0.4) is 0 Å². The minimum atomic E-state index is 0.235. The van der Waals surface area contributed by atoms with Gasteiger partial charge in [-0.05, 0) is 12.1 Å². The number of nitriles is 1. The Hall–Kier alpha value is -2.48. The molecule has 17 heavy (non-hydrogen) atoms. The lowest BCUT2D eigenvalue weighted by molar-refractivity contribution is 1.10. The zero-order chi connectivity index (χ0) is 12.4. The highest BCUT2D eigenvalue weighted by Crippen LogP contribution is 2.26. The maximum Gasteiger partial charge on any atom is 0.163 e. The highest BCUT2D eigenvalue weighted by molar-refractivity contribution is 5.73. The number of nitrogen functional groups attached to an aromatic ring is 1. The van der Waals surface area contributed by atoms with Crippen molar-refractivity contribution in [3.05, 3.63) is 29.8 Å². The van der Waals surface area contributed by atoms with Gasteiger partial charge < -0.3 is 10.6 Å². The van der Waals surface area contributed by atoms with Crippen LogP contribution in [0.4, 0.5) is 11.5 Å². The maximum atomic E-state index is 8.99. The van der Waals surface area contributed by atoms with Crippen molar-refractivity contribution in [2.24, 2.45) is 0 Å². The molecular formula is C12H13N5. The average molecular weight is 227 g/mol. The second-order valence-corrected chi connectivity index (χ2v) is 3.91. The Kier molecular flexibility index (Phi) is 2.71. The Balaban J connectivity index is 2.44. The number of nitrogens with zero attached hydrogens (tertiary/aromatic N) is 3. The normalized spacial score (nSPS) is 9.94. The molecule has 0 amide bonds. The van der Waals surface area contributed by atoms with Crippen LogP contribution in [0.1, 0.15) is 5.56 Å². The lowest BCUT2D eigenvalue weighted by atomic mass is 10.1. The van der Waals surface area contributed by atoms with Crippen LogP contribution in [0.25, 0.3) is 11.3 Å². The van der Waals surface area contributed by atoms with E-state index in [0.717, 1.165) is 11.3 Å². The number of hydrogen-bond donors (Lipinski definition) is 2. The molecule has 2 aromatic rings. The zero-order valence-corrected chi connectivity index (χ0v) is 9.73. The van der Waals surface area contributed by atoms with Gasteiger partial charge in [0.25, 0.3) is 0 Å². The molecule has 0 atom stereocenters. The van der Waals surface area contributed by atoms with E-state index in [-0.39, 0.29) is 5.82 Å². The summed E-state index contributed by atoms with van der Waals surface area (Å²) in [7, 11) is 3.95. The molecule has 3 N–H and O–H groups in total. The minimum Gasteiger partial charge on any atom is -0.381 e. The Morgan fingerprint density at radius 2 is 1.94 bits per heavy atom. The van der Waals surface area contributed by atoms with Crippen molar-refractivity contribution >= 4 is 11.5 Å². The average Bonchev–Trinajstić information content (AvgIpc) is 2.70. The van der Waals surface area contributed by atoms with E-state index in [0.29, 0.717) is 11.3 Å². The zero-order valence-electron chi connectivity index (χ0n) is 9.73. The number of aromatic nitrogens is 2. The van der Waals surface area contributed by atoms with Crippen molar-refractivity contribution in [2.45, 2.75) is 0 Å². The SMILES string of the molecule is CN(C)c1ccc(-c2[nH]nc(N)c2C#N)cc1. The maximum absolute atomic E-state index is 8.99. The second-order valence-electron chi connectivity index (χ2n) is 3.91. The number of nitrogens with two attached hydrogens (primary N) is 1. The molecule has 0 aliphatic rings. The predicted molar refractivity (Wildman–Crippen MR) is 67.5 cm³/mol. The van der Waals surface area contributed by atoms with Crippen molar-refractivity contribution in [1.29, 1.82) is 5.26 Å². The molecule has 5 heteroatoms. The smallest absolute Gasteiger partial charge is 0.163 e. The van der Waals surface area contributed by atoms with Crippen LogP contribution in [0.5, 0.6) is 0 Å². The molecule has 5 nitrogen and oxygen atoms in total. The van der Waals surface area contributed by atoms with Crippen molar-refractivity contribution in [3.8, 4) is 17.3 Å². The summed E-state index contributed by atoms with van der Waals surface area (Å²) < 4.78 is 0. The first-order valence-electron chi connectivity index (χ1n) is 5.15. The third-order valence-corrected chi connectivity index (χ3v) is 2.58. The summed E-state index contributed by atoms with van der Waals surface area (Å²) in [5.74, 6) is 0.235. The van der Waals surface area contributed by atoms with Gasteiger partial charge in [0.05, 0.1) is 5.69 Å². The number of H-pyrrole nitrogens is 1. The van der Waals surface area contributed by atoms with Crippen LogP contribution < -0.4 is 10.6 Å². The molecule has 0 fully saturated rings. The third kappa shape index (κ3) is 1.93. The predicted octanol–water partition coefficient (Wildman–Crippen LogP) is 1.60. The van der Waals surface area contributed by atoms with Crippen molar-refractivity contribution in [3.63, 3.8) is 0 Å². The van der Waals surface area contributed by atoms with Gasteiger partial charge in [-0.1, -0.05) is 12.1 Å². The molecule has 1 aromatic carbocycles. The first kappa shape index (κ1) is 11.0. The lowest BCUT2D eigenvalue weighted by Gasteiger charge is -2.12. The fourth-order valence-corrected chi connectivity index (χ4v) is 1.60. The van der Waals surface area contributed by atoms with Crippen LogP contribution in [0.2, 0.25) is 0 Å². The first-order valence-corrected chi connectivity index (χ1v) is 5.15. The molecule has 0 saturated heterocycles. The molecule has 1 aromatic heterocycles. The molecule has 0 spiro atoms. The highest BCUT2D eigenvalue weighted by atomic mass is 15.2. The highest BCUT2D eigenvalue weighted by Gasteiger charge is 2.11. The van der Waals surface area contributed by atoms with Gasteiger partial charge in [0.1, 0.15) is 11.6 Å². The van der Waals surface area contributed by atoms with Gasteiger partial charge in [-0.15, -0.1) is 0 Å². The van der Waals surface area contributed by atoms with Crippen LogP contribution in [0, 0.1) is 11.3 Å². The number of hydrogen-bond acceptors (Lipinski definition) is 4. The molecule has 1 heterocycles. The van der Waals surface area contributed by atoms with Gasteiger partial charge in [0, 0.05) is 25.3 Å². The van der Waals surface area contributed by atoms with E-state index >= 15 is 0 Å². The molecule has 2 rings (SSSR count). The van der Waals surface area contributed by atoms with E-state index in [4.69, 9.17) is 11.0 Å². The van der Waals surface area contributed by atoms with Gasteiger partial charge in [0.15, 0.2) is 5.82 Å². The summed E-state index contributed by atoms with van der Waals surface area (Å²) in [5.41, 5.74) is 8.64. The van der Waals surface area contributed by atoms with E-state index in [1.165, 1.54) is 0 Å². The number of anilines is 2. The molecule has 86 valence electrons. The first-order chi connectivity index (χ1) is 8.13. The van der Waals surface area contributed by atoms with E-state index in [9.17, 15) is 0 Å². The van der Waals surface area contributed by atoms with Crippen LogP contribution >= 0.6 is 0 Å².